The van der Waals surface area contributed by atoms with Gasteiger partial charge in [-0.05, 0) is 46.8 Å². The Hall–Kier alpha value is -1.46. The Balaban J connectivity index is 1.94. The van der Waals surface area contributed by atoms with Crippen molar-refractivity contribution in [1.29, 1.82) is 0 Å². The Morgan fingerprint density at radius 1 is 1.36 bits per heavy atom. The van der Waals surface area contributed by atoms with Crippen LogP contribution in [0.15, 0.2) is 18.3 Å². The van der Waals surface area contributed by atoms with Crippen molar-refractivity contribution in [1.82, 2.24) is 15.2 Å². The lowest BCUT2D eigenvalue weighted by atomic mass is 10.00. The third-order valence-corrected chi connectivity index (χ3v) is 4.13. The summed E-state index contributed by atoms with van der Waals surface area (Å²) < 4.78 is 5.78. The Labute approximate surface area is 133 Å². The molecule has 0 bridgehead atoms. The normalized spacial score (nSPS) is 23.3. The summed E-state index contributed by atoms with van der Waals surface area (Å²) in [6.07, 6.45) is 2.07. The van der Waals surface area contributed by atoms with Gasteiger partial charge in [-0.15, -0.1) is 0 Å². The second-order valence-electron chi connectivity index (χ2n) is 6.85. The molecule has 2 atom stereocenters. The van der Waals surface area contributed by atoms with Gasteiger partial charge in [-0.25, -0.2) is 0 Å². The molecule has 1 amide bonds. The van der Waals surface area contributed by atoms with Crippen molar-refractivity contribution >= 4 is 5.91 Å². The second kappa shape index (κ2) is 6.75. The molecule has 22 heavy (non-hydrogen) atoms. The number of nitrogens with one attached hydrogen (secondary N) is 1. The highest BCUT2D eigenvalue weighted by atomic mass is 16.5. The second-order valence-corrected chi connectivity index (χ2v) is 6.85. The number of ether oxygens (including phenoxy) is 1. The Kier molecular flexibility index (Phi) is 5.19. The van der Waals surface area contributed by atoms with Crippen LogP contribution in [0.2, 0.25) is 0 Å². The van der Waals surface area contributed by atoms with E-state index in [4.69, 9.17) is 4.74 Å². The number of aromatic nitrogens is 1. The number of hydrogen-bond donors (Lipinski definition) is 1. The molecule has 5 heteroatoms. The molecule has 0 saturated carbocycles. The van der Waals surface area contributed by atoms with Crippen LogP contribution in [0, 0.1) is 6.92 Å². The average Bonchev–Trinajstić information content (AvgIpc) is 2.44. The number of hydrogen-bond acceptors (Lipinski definition) is 4. The van der Waals surface area contributed by atoms with E-state index in [1.807, 2.05) is 19.1 Å². The van der Waals surface area contributed by atoms with Gasteiger partial charge in [0.1, 0.15) is 0 Å². The van der Waals surface area contributed by atoms with Crippen LogP contribution in [-0.4, -0.2) is 53.2 Å². The van der Waals surface area contributed by atoms with Crippen LogP contribution in [0.4, 0.5) is 0 Å². The van der Waals surface area contributed by atoms with Crippen LogP contribution < -0.4 is 5.32 Å². The largest absolute Gasteiger partial charge is 0.373 e. The predicted octanol–water partition coefficient (Wildman–Crippen LogP) is 2.01. The van der Waals surface area contributed by atoms with Gasteiger partial charge in [0.2, 0.25) is 0 Å². The summed E-state index contributed by atoms with van der Waals surface area (Å²) in [5.74, 6) is -0.0741. The van der Waals surface area contributed by atoms with Gasteiger partial charge in [0.25, 0.3) is 5.91 Å². The van der Waals surface area contributed by atoms with Gasteiger partial charge in [0.05, 0.1) is 17.8 Å². The number of carbonyl (C=O) groups excluding carboxylic acids is 1. The third-order valence-electron chi connectivity index (χ3n) is 4.13. The van der Waals surface area contributed by atoms with Crippen molar-refractivity contribution in [2.24, 2.45) is 0 Å². The highest BCUT2D eigenvalue weighted by Gasteiger charge is 2.33. The SMILES string of the molecule is Cc1ccc(C(=O)NCC(C)(C)N2C[C@@H](C)O[C@@H](C)C2)cn1. The molecule has 1 fully saturated rings. The third kappa shape index (κ3) is 4.27. The number of aryl methyl sites for hydroxylation is 1. The van der Waals surface area contributed by atoms with Gasteiger partial charge in [-0.3, -0.25) is 14.7 Å². The van der Waals surface area contributed by atoms with Gasteiger partial charge in [-0.1, -0.05) is 0 Å². The molecule has 0 spiro atoms. The molecule has 122 valence electrons. The van der Waals surface area contributed by atoms with E-state index in [9.17, 15) is 4.79 Å². The Morgan fingerprint density at radius 2 is 2.00 bits per heavy atom. The summed E-state index contributed by atoms with van der Waals surface area (Å²) in [6, 6.07) is 3.66. The minimum Gasteiger partial charge on any atom is -0.373 e. The lowest BCUT2D eigenvalue weighted by Crippen LogP contribution is -2.58. The zero-order valence-electron chi connectivity index (χ0n) is 14.2. The van der Waals surface area contributed by atoms with Crippen LogP contribution in [0.1, 0.15) is 43.7 Å². The molecule has 0 aliphatic carbocycles. The first kappa shape index (κ1) is 16.9. The van der Waals surface area contributed by atoms with Crippen LogP contribution >= 0.6 is 0 Å². The maximum atomic E-state index is 12.2. The van der Waals surface area contributed by atoms with Gasteiger partial charge < -0.3 is 10.1 Å². The maximum Gasteiger partial charge on any atom is 0.252 e. The molecule has 1 aliphatic rings. The predicted molar refractivity (Wildman–Crippen MR) is 87.0 cm³/mol. The molecule has 2 rings (SSSR count). The quantitative estimate of drug-likeness (QED) is 0.924. The lowest BCUT2D eigenvalue weighted by Gasteiger charge is -2.45. The van der Waals surface area contributed by atoms with Crippen molar-refractivity contribution in [2.75, 3.05) is 19.6 Å². The molecule has 1 aliphatic heterocycles. The van der Waals surface area contributed by atoms with E-state index in [-0.39, 0.29) is 23.7 Å². The van der Waals surface area contributed by atoms with E-state index in [0.717, 1.165) is 18.8 Å². The molecule has 0 aromatic carbocycles. The van der Waals surface area contributed by atoms with Gasteiger partial charge >= 0.3 is 0 Å². The molecule has 1 aromatic rings. The van der Waals surface area contributed by atoms with Gasteiger partial charge in [0.15, 0.2) is 0 Å². The fourth-order valence-corrected chi connectivity index (χ4v) is 2.78. The fraction of sp³-hybridized carbons (Fsp3) is 0.647. The van der Waals surface area contributed by atoms with Crippen LogP contribution in [0.3, 0.4) is 0 Å². The minimum atomic E-state index is -0.111. The number of morpholine rings is 1. The summed E-state index contributed by atoms with van der Waals surface area (Å²) in [5, 5.41) is 3.02. The van der Waals surface area contributed by atoms with Gasteiger partial charge in [-0.2, -0.15) is 0 Å². The van der Waals surface area contributed by atoms with Crippen LogP contribution in [0.25, 0.3) is 0 Å². The van der Waals surface area contributed by atoms with E-state index >= 15 is 0 Å². The van der Waals surface area contributed by atoms with Gasteiger partial charge in [0, 0.05) is 37.1 Å². The first-order chi connectivity index (χ1) is 10.3. The Morgan fingerprint density at radius 3 is 2.55 bits per heavy atom. The van der Waals surface area contributed by atoms with Crippen molar-refractivity contribution in [3.63, 3.8) is 0 Å². The molecular weight excluding hydrogens is 278 g/mol. The molecule has 1 saturated heterocycles. The van der Waals surface area contributed by atoms with Crippen LogP contribution in [0.5, 0.6) is 0 Å². The number of nitrogens with zero attached hydrogens (tertiary/aromatic N) is 2. The highest BCUT2D eigenvalue weighted by Crippen LogP contribution is 2.20. The zero-order chi connectivity index (χ0) is 16.3. The number of pyridine rings is 1. The van der Waals surface area contributed by atoms with Crippen molar-refractivity contribution in [3.8, 4) is 0 Å². The lowest BCUT2D eigenvalue weighted by molar-refractivity contribution is -0.0948. The van der Waals surface area contributed by atoms with E-state index in [0.29, 0.717) is 12.1 Å². The van der Waals surface area contributed by atoms with Crippen molar-refractivity contribution in [2.45, 2.75) is 52.4 Å². The molecular formula is C17H27N3O2. The van der Waals surface area contributed by atoms with Crippen molar-refractivity contribution < 1.29 is 9.53 Å². The monoisotopic (exact) mass is 305 g/mol. The van der Waals surface area contributed by atoms with E-state index in [2.05, 4.69) is 42.9 Å². The molecule has 0 radical (unpaired) electrons. The van der Waals surface area contributed by atoms with E-state index in [1.54, 1.807) is 6.20 Å². The first-order valence-corrected chi connectivity index (χ1v) is 7.89. The first-order valence-electron chi connectivity index (χ1n) is 7.89. The zero-order valence-corrected chi connectivity index (χ0v) is 14.2. The molecule has 1 aromatic heterocycles. The molecule has 0 unspecified atom stereocenters. The summed E-state index contributed by atoms with van der Waals surface area (Å²) in [4.78, 5) is 18.8. The number of rotatable bonds is 4. The summed E-state index contributed by atoms with van der Waals surface area (Å²) in [7, 11) is 0. The summed E-state index contributed by atoms with van der Waals surface area (Å²) >= 11 is 0. The van der Waals surface area contributed by atoms with E-state index in [1.165, 1.54) is 0 Å². The number of carbonyl (C=O) groups is 1. The van der Waals surface area contributed by atoms with E-state index < -0.39 is 0 Å². The maximum absolute atomic E-state index is 12.2. The van der Waals surface area contributed by atoms with Crippen LogP contribution in [-0.2, 0) is 4.74 Å². The average molecular weight is 305 g/mol. The standard InChI is InChI=1S/C17H27N3O2/c1-12-6-7-15(8-18-12)16(21)19-11-17(4,5)20-9-13(2)22-14(3)10-20/h6-8,13-14H,9-11H2,1-5H3,(H,19,21)/t13-,14+. The number of amides is 1. The Bertz CT molecular complexity index is 503. The molecule has 1 N–H and O–H groups in total. The smallest absolute Gasteiger partial charge is 0.252 e. The molecule has 5 nitrogen and oxygen atoms in total. The topological polar surface area (TPSA) is 54.5 Å². The summed E-state index contributed by atoms with van der Waals surface area (Å²) in [6.45, 7) is 12.8. The van der Waals surface area contributed by atoms with Crippen molar-refractivity contribution in [3.05, 3.63) is 29.6 Å². The summed E-state index contributed by atoms with van der Waals surface area (Å²) in [5.41, 5.74) is 1.40. The molecule has 2 heterocycles. The minimum absolute atomic E-state index is 0.0741. The highest BCUT2D eigenvalue weighted by molar-refractivity contribution is 5.93. The fourth-order valence-electron chi connectivity index (χ4n) is 2.78.